The van der Waals surface area contributed by atoms with Crippen LogP contribution in [0.3, 0.4) is 0 Å². The van der Waals surface area contributed by atoms with Crippen LogP contribution in [0.5, 0.6) is 0 Å². The summed E-state index contributed by atoms with van der Waals surface area (Å²) in [5.41, 5.74) is 1.60. The summed E-state index contributed by atoms with van der Waals surface area (Å²) in [4.78, 5) is 23.3. The molecule has 1 aliphatic carbocycles. The van der Waals surface area contributed by atoms with Crippen molar-refractivity contribution < 1.29 is 4.79 Å². The molecule has 2 aromatic heterocycles. The highest BCUT2D eigenvalue weighted by Gasteiger charge is 2.30. The zero-order chi connectivity index (χ0) is 15.8. The average molecular weight is 311 g/mol. The number of hydrogen-bond acceptors (Lipinski definition) is 4. The molecule has 2 aliphatic rings. The molecule has 1 N–H and O–H groups in total. The van der Waals surface area contributed by atoms with Crippen LogP contribution in [0.4, 0.5) is 0 Å². The van der Waals surface area contributed by atoms with Crippen LogP contribution in [0, 0.1) is 6.92 Å². The third kappa shape index (κ3) is 2.98. The van der Waals surface area contributed by atoms with Crippen LogP contribution in [0.1, 0.15) is 65.2 Å². The molecule has 23 heavy (non-hydrogen) atoms. The monoisotopic (exact) mass is 311 g/mol. The number of aromatic nitrogens is 4. The van der Waals surface area contributed by atoms with Crippen LogP contribution in [0.2, 0.25) is 0 Å². The highest BCUT2D eigenvalue weighted by molar-refractivity contribution is 5.94. The maximum absolute atomic E-state index is 12.5. The van der Waals surface area contributed by atoms with Crippen LogP contribution in [0.25, 0.3) is 0 Å². The van der Waals surface area contributed by atoms with Crippen LogP contribution < -0.4 is 0 Å². The number of nitrogens with zero attached hydrogens (tertiary/aromatic N) is 4. The highest BCUT2D eigenvalue weighted by atomic mass is 16.2. The summed E-state index contributed by atoms with van der Waals surface area (Å²) in [6.45, 7) is 3.45. The SMILES string of the molecule is Cc1ccc(C(=O)N2CCC(c3nc(C4CC4)n[nH]3)CC2)cn1. The number of H-pyrrole nitrogens is 1. The maximum Gasteiger partial charge on any atom is 0.255 e. The first-order valence-electron chi connectivity index (χ1n) is 8.35. The molecular formula is C17H21N5O. The molecule has 0 unspecified atom stereocenters. The number of pyridine rings is 1. The van der Waals surface area contributed by atoms with Crippen LogP contribution in [0.15, 0.2) is 18.3 Å². The van der Waals surface area contributed by atoms with Gasteiger partial charge in [-0.2, -0.15) is 5.10 Å². The third-order valence-corrected chi connectivity index (χ3v) is 4.79. The summed E-state index contributed by atoms with van der Waals surface area (Å²) in [6, 6.07) is 3.74. The number of carbonyl (C=O) groups excluding carboxylic acids is 1. The van der Waals surface area contributed by atoms with Crippen molar-refractivity contribution in [1.29, 1.82) is 0 Å². The van der Waals surface area contributed by atoms with Gasteiger partial charge in [-0.1, -0.05) is 0 Å². The number of piperidine rings is 1. The Morgan fingerprint density at radius 2 is 1.96 bits per heavy atom. The largest absolute Gasteiger partial charge is 0.339 e. The first kappa shape index (κ1) is 14.4. The van der Waals surface area contributed by atoms with Crippen LogP contribution >= 0.6 is 0 Å². The molecule has 1 saturated heterocycles. The molecule has 120 valence electrons. The number of aromatic amines is 1. The van der Waals surface area contributed by atoms with Gasteiger partial charge >= 0.3 is 0 Å². The van der Waals surface area contributed by atoms with Crippen molar-refractivity contribution in [3.63, 3.8) is 0 Å². The average Bonchev–Trinajstić information content (AvgIpc) is 3.32. The number of hydrogen-bond donors (Lipinski definition) is 1. The fourth-order valence-electron chi connectivity index (χ4n) is 3.13. The first-order chi connectivity index (χ1) is 11.2. The Hall–Kier alpha value is -2.24. The van der Waals surface area contributed by atoms with Gasteiger partial charge in [0.2, 0.25) is 0 Å². The van der Waals surface area contributed by atoms with Gasteiger partial charge in [0.25, 0.3) is 5.91 Å². The number of carbonyl (C=O) groups is 1. The summed E-state index contributed by atoms with van der Waals surface area (Å²) in [7, 11) is 0. The number of rotatable bonds is 3. The maximum atomic E-state index is 12.5. The van der Waals surface area contributed by atoms with E-state index in [4.69, 9.17) is 0 Å². The van der Waals surface area contributed by atoms with Crippen LogP contribution in [-0.4, -0.2) is 44.1 Å². The van der Waals surface area contributed by atoms with E-state index in [1.54, 1.807) is 6.20 Å². The molecule has 3 heterocycles. The zero-order valence-corrected chi connectivity index (χ0v) is 13.3. The number of amides is 1. The standard InChI is InChI=1S/C17H21N5O/c1-11-2-3-14(10-18-11)17(23)22-8-6-13(7-9-22)16-19-15(20-21-16)12-4-5-12/h2-3,10,12-13H,4-9H2,1H3,(H,19,20,21). The van der Waals surface area contributed by atoms with E-state index >= 15 is 0 Å². The van der Waals surface area contributed by atoms with E-state index in [1.807, 2.05) is 24.0 Å². The van der Waals surface area contributed by atoms with Gasteiger partial charge < -0.3 is 4.90 Å². The molecule has 2 fully saturated rings. The van der Waals surface area contributed by atoms with Gasteiger partial charge in [0, 0.05) is 36.8 Å². The Morgan fingerprint density at radius 3 is 2.61 bits per heavy atom. The lowest BCUT2D eigenvalue weighted by atomic mass is 9.95. The Bertz CT molecular complexity index is 696. The van der Waals surface area contributed by atoms with Crippen molar-refractivity contribution >= 4 is 5.91 Å². The molecule has 6 heteroatoms. The zero-order valence-electron chi connectivity index (χ0n) is 13.3. The van der Waals surface area contributed by atoms with Crippen molar-refractivity contribution in [2.75, 3.05) is 13.1 Å². The van der Waals surface area contributed by atoms with E-state index in [1.165, 1.54) is 12.8 Å². The second-order valence-electron chi connectivity index (χ2n) is 6.61. The van der Waals surface area contributed by atoms with Gasteiger partial charge in [-0.25, -0.2) is 4.98 Å². The Kier molecular flexibility index (Phi) is 3.59. The Balaban J connectivity index is 1.38. The number of nitrogens with one attached hydrogen (secondary N) is 1. The molecule has 0 aromatic carbocycles. The lowest BCUT2D eigenvalue weighted by molar-refractivity contribution is 0.0710. The summed E-state index contributed by atoms with van der Waals surface area (Å²) in [5.74, 6) is 3.01. The molecule has 0 radical (unpaired) electrons. The van der Waals surface area contributed by atoms with Crippen molar-refractivity contribution in [2.45, 2.75) is 44.4 Å². The Labute approximate surface area is 135 Å². The minimum Gasteiger partial charge on any atom is -0.339 e. The predicted molar refractivity (Wildman–Crippen MR) is 85.2 cm³/mol. The molecule has 0 bridgehead atoms. The second kappa shape index (κ2) is 5.76. The molecular weight excluding hydrogens is 290 g/mol. The van der Waals surface area contributed by atoms with Gasteiger partial charge in [-0.3, -0.25) is 14.9 Å². The highest BCUT2D eigenvalue weighted by Crippen LogP contribution is 2.38. The van der Waals surface area contributed by atoms with Gasteiger partial charge in [0.15, 0.2) is 5.82 Å². The van der Waals surface area contributed by atoms with E-state index < -0.39 is 0 Å². The minimum atomic E-state index is 0.0761. The van der Waals surface area contributed by atoms with E-state index in [0.29, 0.717) is 17.4 Å². The lowest BCUT2D eigenvalue weighted by Gasteiger charge is -2.31. The molecule has 4 rings (SSSR count). The van der Waals surface area contributed by atoms with E-state index in [9.17, 15) is 4.79 Å². The van der Waals surface area contributed by atoms with E-state index in [-0.39, 0.29) is 5.91 Å². The van der Waals surface area contributed by atoms with Crippen molar-refractivity contribution in [2.24, 2.45) is 0 Å². The minimum absolute atomic E-state index is 0.0761. The second-order valence-corrected chi connectivity index (χ2v) is 6.61. The molecule has 6 nitrogen and oxygen atoms in total. The summed E-state index contributed by atoms with van der Waals surface area (Å²) in [6.07, 6.45) is 5.97. The smallest absolute Gasteiger partial charge is 0.255 e. The predicted octanol–water partition coefficient (Wildman–Crippen LogP) is 2.41. The van der Waals surface area contributed by atoms with Gasteiger partial charge in [-0.05, 0) is 44.7 Å². The molecule has 1 saturated carbocycles. The van der Waals surface area contributed by atoms with Crippen LogP contribution in [-0.2, 0) is 0 Å². The normalized spacial score (nSPS) is 19.1. The molecule has 0 spiro atoms. The topological polar surface area (TPSA) is 74.8 Å². The Morgan fingerprint density at radius 1 is 1.17 bits per heavy atom. The van der Waals surface area contributed by atoms with Crippen molar-refractivity contribution in [3.05, 3.63) is 41.2 Å². The fraction of sp³-hybridized carbons (Fsp3) is 0.529. The van der Waals surface area contributed by atoms with Gasteiger partial charge in [-0.15, -0.1) is 0 Å². The molecule has 1 aliphatic heterocycles. The summed E-state index contributed by atoms with van der Waals surface area (Å²) >= 11 is 0. The van der Waals surface area contributed by atoms with Gasteiger partial charge in [0.05, 0.1) is 5.56 Å². The van der Waals surface area contributed by atoms with Crippen molar-refractivity contribution in [3.8, 4) is 0 Å². The number of likely N-dealkylation sites (tertiary alicyclic amines) is 1. The molecule has 2 aromatic rings. The molecule has 1 amide bonds. The van der Waals surface area contributed by atoms with E-state index in [2.05, 4.69) is 20.2 Å². The van der Waals surface area contributed by atoms with Gasteiger partial charge in [0.1, 0.15) is 5.82 Å². The quantitative estimate of drug-likeness (QED) is 0.944. The summed E-state index contributed by atoms with van der Waals surface area (Å²) in [5, 5.41) is 7.44. The molecule has 0 atom stereocenters. The number of aryl methyl sites for hydroxylation is 1. The fourth-order valence-corrected chi connectivity index (χ4v) is 3.13. The third-order valence-electron chi connectivity index (χ3n) is 4.79. The van der Waals surface area contributed by atoms with Crippen molar-refractivity contribution in [1.82, 2.24) is 25.1 Å². The first-order valence-corrected chi connectivity index (χ1v) is 8.35. The van der Waals surface area contributed by atoms with E-state index in [0.717, 1.165) is 43.3 Å². The summed E-state index contributed by atoms with van der Waals surface area (Å²) < 4.78 is 0. The lowest BCUT2D eigenvalue weighted by Crippen LogP contribution is -2.38.